The normalized spacial score (nSPS) is 18.9. The summed E-state index contributed by atoms with van der Waals surface area (Å²) in [5.74, 6) is 2.01. The summed E-state index contributed by atoms with van der Waals surface area (Å²) in [4.78, 5) is 4.26. The molecule has 0 bridgehead atoms. The molecule has 1 atom stereocenters. The number of thioether (sulfide) groups is 1. The first-order valence-corrected chi connectivity index (χ1v) is 8.79. The molecule has 1 aliphatic carbocycles. The average Bonchev–Trinajstić information content (AvgIpc) is 2.93. The first kappa shape index (κ1) is 14.3. The molecule has 0 spiro atoms. The Labute approximate surface area is 118 Å². The molecule has 18 heavy (non-hydrogen) atoms. The summed E-state index contributed by atoms with van der Waals surface area (Å²) < 4.78 is 5.17. The molecule has 0 amide bonds. The van der Waals surface area contributed by atoms with Crippen LogP contribution in [0.3, 0.4) is 0 Å². The van der Waals surface area contributed by atoms with Crippen LogP contribution in [0.15, 0.2) is 10.7 Å². The number of hydrogen-bond donors (Lipinski definition) is 1. The van der Waals surface area contributed by atoms with E-state index in [0.717, 1.165) is 22.6 Å². The Morgan fingerprint density at radius 2 is 2.28 bits per heavy atom. The van der Waals surface area contributed by atoms with Crippen molar-refractivity contribution in [3.63, 3.8) is 0 Å². The van der Waals surface area contributed by atoms with Crippen LogP contribution in [0.25, 0.3) is 0 Å². The Morgan fingerprint density at radius 1 is 1.44 bits per heavy atom. The molecule has 1 unspecified atom stereocenters. The highest BCUT2D eigenvalue weighted by atomic mass is 32.2. The highest BCUT2D eigenvalue weighted by Crippen LogP contribution is 2.29. The molecule has 1 fully saturated rings. The standard InChI is InChI=1S/C13H23N3S2/c1-2-8-14-12(11-6-4-3-5-7-11)9-17-13-15-10-16-18-13/h10-12,14H,2-9H2,1H3. The van der Waals surface area contributed by atoms with Gasteiger partial charge in [-0.1, -0.05) is 37.9 Å². The lowest BCUT2D eigenvalue weighted by atomic mass is 9.84. The molecule has 0 aromatic carbocycles. The molecular formula is C13H23N3S2. The summed E-state index contributed by atoms with van der Waals surface area (Å²) in [5.41, 5.74) is 0. The Balaban J connectivity index is 1.83. The molecule has 1 aliphatic rings. The number of nitrogens with zero attached hydrogens (tertiary/aromatic N) is 2. The van der Waals surface area contributed by atoms with Crippen LogP contribution in [0.2, 0.25) is 0 Å². The average molecular weight is 285 g/mol. The van der Waals surface area contributed by atoms with Crippen LogP contribution >= 0.6 is 23.3 Å². The van der Waals surface area contributed by atoms with E-state index in [-0.39, 0.29) is 0 Å². The van der Waals surface area contributed by atoms with Crippen LogP contribution in [0.1, 0.15) is 45.4 Å². The van der Waals surface area contributed by atoms with Crippen LogP contribution in [0.4, 0.5) is 0 Å². The Kier molecular flexibility index (Phi) is 6.45. The van der Waals surface area contributed by atoms with E-state index in [0.29, 0.717) is 6.04 Å². The van der Waals surface area contributed by atoms with Gasteiger partial charge in [-0.05, 0) is 43.3 Å². The van der Waals surface area contributed by atoms with E-state index >= 15 is 0 Å². The molecule has 2 rings (SSSR count). The molecule has 1 aromatic rings. The predicted molar refractivity (Wildman–Crippen MR) is 79.3 cm³/mol. The van der Waals surface area contributed by atoms with Crippen molar-refractivity contribution in [3.05, 3.63) is 6.33 Å². The van der Waals surface area contributed by atoms with Crippen LogP contribution in [0, 0.1) is 5.92 Å². The van der Waals surface area contributed by atoms with Crippen molar-refractivity contribution in [1.29, 1.82) is 0 Å². The predicted octanol–water partition coefficient (Wildman–Crippen LogP) is 3.58. The maximum atomic E-state index is 4.26. The Morgan fingerprint density at radius 3 is 2.94 bits per heavy atom. The fourth-order valence-corrected chi connectivity index (χ4v) is 4.27. The number of hydrogen-bond acceptors (Lipinski definition) is 5. The second-order valence-electron chi connectivity index (χ2n) is 4.98. The van der Waals surface area contributed by atoms with Crippen molar-refractivity contribution in [2.24, 2.45) is 5.92 Å². The van der Waals surface area contributed by atoms with Crippen molar-refractivity contribution in [2.75, 3.05) is 12.3 Å². The zero-order valence-corrected chi connectivity index (χ0v) is 12.7. The van der Waals surface area contributed by atoms with Crippen LogP contribution in [-0.4, -0.2) is 27.7 Å². The van der Waals surface area contributed by atoms with E-state index in [1.807, 2.05) is 11.8 Å². The second-order valence-corrected chi connectivity index (χ2v) is 7.02. The number of rotatable bonds is 7. The third-order valence-electron chi connectivity index (χ3n) is 3.60. The molecule has 102 valence electrons. The monoisotopic (exact) mass is 285 g/mol. The maximum Gasteiger partial charge on any atom is 0.169 e. The zero-order valence-electron chi connectivity index (χ0n) is 11.1. The lowest BCUT2D eigenvalue weighted by Crippen LogP contribution is -2.39. The lowest BCUT2D eigenvalue weighted by molar-refractivity contribution is 0.285. The highest BCUT2D eigenvalue weighted by Gasteiger charge is 2.23. The summed E-state index contributed by atoms with van der Waals surface area (Å²) >= 11 is 3.37. The van der Waals surface area contributed by atoms with Crippen molar-refractivity contribution >= 4 is 23.3 Å². The molecule has 3 nitrogen and oxygen atoms in total. The molecule has 0 radical (unpaired) electrons. The molecule has 5 heteroatoms. The van der Waals surface area contributed by atoms with Gasteiger partial charge >= 0.3 is 0 Å². The van der Waals surface area contributed by atoms with Crippen molar-refractivity contribution in [3.8, 4) is 0 Å². The van der Waals surface area contributed by atoms with E-state index < -0.39 is 0 Å². The number of aromatic nitrogens is 2. The minimum absolute atomic E-state index is 0.652. The van der Waals surface area contributed by atoms with E-state index in [1.54, 1.807) is 6.33 Å². The molecular weight excluding hydrogens is 262 g/mol. The number of nitrogens with one attached hydrogen (secondary N) is 1. The van der Waals surface area contributed by atoms with Gasteiger partial charge in [-0.25, -0.2) is 4.98 Å². The zero-order chi connectivity index (χ0) is 12.6. The Hall–Kier alpha value is -0.130. The van der Waals surface area contributed by atoms with Gasteiger partial charge in [0.1, 0.15) is 6.33 Å². The van der Waals surface area contributed by atoms with E-state index in [2.05, 4.69) is 21.6 Å². The van der Waals surface area contributed by atoms with Gasteiger partial charge in [0.2, 0.25) is 0 Å². The van der Waals surface area contributed by atoms with E-state index in [4.69, 9.17) is 0 Å². The summed E-state index contributed by atoms with van der Waals surface area (Å²) in [6, 6.07) is 0.652. The van der Waals surface area contributed by atoms with E-state index in [9.17, 15) is 0 Å². The van der Waals surface area contributed by atoms with Gasteiger partial charge in [0, 0.05) is 11.8 Å². The summed E-state index contributed by atoms with van der Waals surface area (Å²) in [5, 5.41) is 3.74. The summed E-state index contributed by atoms with van der Waals surface area (Å²) in [7, 11) is 0. The van der Waals surface area contributed by atoms with Gasteiger partial charge in [-0.2, -0.15) is 4.37 Å². The van der Waals surface area contributed by atoms with Crippen LogP contribution in [-0.2, 0) is 0 Å². The smallest absolute Gasteiger partial charge is 0.169 e. The van der Waals surface area contributed by atoms with Crippen LogP contribution < -0.4 is 5.32 Å². The third-order valence-corrected chi connectivity index (χ3v) is 5.52. The molecule has 1 heterocycles. The second kappa shape index (κ2) is 8.12. The first-order chi connectivity index (χ1) is 8.90. The maximum absolute atomic E-state index is 4.26. The molecule has 1 aromatic heterocycles. The van der Waals surface area contributed by atoms with Gasteiger partial charge in [-0.3, -0.25) is 0 Å². The van der Waals surface area contributed by atoms with Crippen LogP contribution in [0.5, 0.6) is 0 Å². The summed E-state index contributed by atoms with van der Waals surface area (Å²) in [6.45, 7) is 3.38. The van der Waals surface area contributed by atoms with Crippen molar-refractivity contribution < 1.29 is 0 Å². The fourth-order valence-electron chi connectivity index (χ4n) is 2.62. The summed E-state index contributed by atoms with van der Waals surface area (Å²) in [6.07, 6.45) is 9.93. The van der Waals surface area contributed by atoms with Gasteiger partial charge < -0.3 is 5.32 Å². The SMILES string of the molecule is CCCNC(CSc1ncns1)C1CCCCC1. The minimum Gasteiger partial charge on any atom is -0.313 e. The molecule has 1 N–H and O–H groups in total. The van der Waals surface area contributed by atoms with Gasteiger partial charge in [-0.15, -0.1) is 0 Å². The Bertz CT molecular complexity index is 310. The van der Waals surface area contributed by atoms with Crippen molar-refractivity contribution in [2.45, 2.75) is 55.8 Å². The highest BCUT2D eigenvalue weighted by molar-refractivity contribution is 8.00. The van der Waals surface area contributed by atoms with Gasteiger partial charge in [0.15, 0.2) is 4.34 Å². The molecule has 0 saturated heterocycles. The first-order valence-electron chi connectivity index (χ1n) is 7.03. The fraction of sp³-hybridized carbons (Fsp3) is 0.846. The third kappa shape index (κ3) is 4.52. The van der Waals surface area contributed by atoms with Gasteiger partial charge in [0.05, 0.1) is 0 Å². The van der Waals surface area contributed by atoms with Crippen molar-refractivity contribution in [1.82, 2.24) is 14.7 Å². The quantitative estimate of drug-likeness (QED) is 0.777. The van der Waals surface area contributed by atoms with Gasteiger partial charge in [0.25, 0.3) is 0 Å². The topological polar surface area (TPSA) is 37.8 Å². The largest absolute Gasteiger partial charge is 0.313 e. The van der Waals surface area contributed by atoms with E-state index in [1.165, 1.54) is 50.1 Å². The molecule has 1 saturated carbocycles. The minimum atomic E-state index is 0.652. The lowest BCUT2D eigenvalue weighted by Gasteiger charge is -2.30. The molecule has 0 aliphatic heterocycles.